The topological polar surface area (TPSA) is 26.3 Å². The van der Waals surface area contributed by atoms with Gasteiger partial charge in [0.2, 0.25) is 0 Å². The molecular weight excluding hydrogens is 367 g/mol. The first-order chi connectivity index (χ1) is 8.40. The Morgan fingerprint density at radius 1 is 1.37 bits per heavy atom. The maximum absolute atomic E-state index is 12.0. The number of rotatable bonds is 6. The lowest BCUT2D eigenvalue weighted by atomic mass is 10.0. The van der Waals surface area contributed by atoms with Gasteiger partial charge in [-0.25, -0.2) is 0 Å². The SMILES string of the molecule is C=CC/C(=C(/I)[Si](C)(C)C)C(OC(C)(C)C)C(C)=O. The van der Waals surface area contributed by atoms with E-state index in [1.807, 2.05) is 26.8 Å². The molecule has 0 N–H and O–H groups in total. The molecule has 0 aliphatic rings. The van der Waals surface area contributed by atoms with Gasteiger partial charge in [0.15, 0.2) is 5.78 Å². The van der Waals surface area contributed by atoms with E-state index in [4.69, 9.17) is 4.74 Å². The van der Waals surface area contributed by atoms with Crippen molar-refractivity contribution in [3.05, 3.63) is 21.4 Å². The number of hydrogen-bond donors (Lipinski definition) is 0. The molecule has 0 saturated carbocycles. The van der Waals surface area contributed by atoms with Gasteiger partial charge in [0, 0.05) is 0 Å². The summed E-state index contributed by atoms with van der Waals surface area (Å²) in [4.78, 5) is 12.0. The molecule has 0 fully saturated rings. The summed E-state index contributed by atoms with van der Waals surface area (Å²) >= 11 is 2.40. The second kappa shape index (κ2) is 7.18. The van der Waals surface area contributed by atoms with Crippen LogP contribution in [0.3, 0.4) is 0 Å². The third kappa shape index (κ3) is 6.86. The van der Waals surface area contributed by atoms with Crippen molar-refractivity contribution in [1.29, 1.82) is 0 Å². The molecule has 0 aliphatic carbocycles. The van der Waals surface area contributed by atoms with Crippen LogP contribution >= 0.6 is 22.6 Å². The number of Topliss-reactive ketones (excluding diaryl/α,β-unsaturated/α-hetero) is 1. The van der Waals surface area contributed by atoms with Crippen molar-refractivity contribution >= 4 is 36.4 Å². The van der Waals surface area contributed by atoms with Crippen LogP contribution in [0.2, 0.25) is 19.6 Å². The standard InChI is InChI=1S/C15H27IO2Si/c1-9-10-12(14(16)19(6,7)8)13(11(2)17)18-15(3,4)5/h9,13H,1,10H2,2-8H3/b14-12+. The Hall–Kier alpha value is 0.0569. The van der Waals surface area contributed by atoms with Gasteiger partial charge in [-0.15, -0.1) is 6.58 Å². The average molecular weight is 394 g/mol. The van der Waals surface area contributed by atoms with Gasteiger partial charge < -0.3 is 4.74 Å². The number of halogens is 1. The van der Waals surface area contributed by atoms with E-state index in [1.54, 1.807) is 6.92 Å². The highest BCUT2D eigenvalue weighted by atomic mass is 127. The maximum atomic E-state index is 12.0. The zero-order chi connectivity index (χ0) is 15.4. The van der Waals surface area contributed by atoms with Crippen LogP contribution in [-0.2, 0) is 9.53 Å². The quantitative estimate of drug-likeness (QED) is 0.364. The fourth-order valence-corrected chi connectivity index (χ4v) is 3.40. The lowest BCUT2D eigenvalue weighted by Gasteiger charge is -2.30. The van der Waals surface area contributed by atoms with Crippen molar-refractivity contribution in [3.8, 4) is 0 Å². The molecule has 0 spiro atoms. The molecule has 110 valence electrons. The molecule has 0 heterocycles. The molecule has 0 rings (SSSR count). The average Bonchev–Trinajstić information content (AvgIpc) is 2.19. The highest BCUT2D eigenvalue weighted by Gasteiger charge is 2.30. The monoisotopic (exact) mass is 394 g/mol. The van der Waals surface area contributed by atoms with E-state index >= 15 is 0 Å². The molecule has 2 nitrogen and oxygen atoms in total. The van der Waals surface area contributed by atoms with Gasteiger partial charge >= 0.3 is 0 Å². The first kappa shape index (κ1) is 19.1. The minimum absolute atomic E-state index is 0.0687. The molecule has 0 aromatic heterocycles. The maximum Gasteiger partial charge on any atom is 0.162 e. The summed E-state index contributed by atoms with van der Waals surface area (Å²) in [5.74, 6) is 0.0687. The van der Waals surface area contributed by atoms with Crippen LogP contribution in [0.1, 0.15) is 34.1 Å². The van der Waals surface area contributed by atoms with E-state index in [0.29, 0.717) is 6.42 Å². The molecule has 19 heavy (non-hydrogen) atoms. The van der Waals surface area contributed by atoms with Gasteiger partial charge in [-0.2, -0.15) is 0 Å². The third-order valence-electron chi connectivity index (χ3n) is 2.46. The van der Waals surface area contributed by atoms with Gasteiger partial charge in [0.05, 0.1) is 13.7 Å². The van der Waals surface area contributed by atoms with E-state index in [0.717, 1.165) is 5.57 Å². The summed E-state index contributed by atoms with van der Waals surface area (Å²) in [6.45, 7) is 18.2. The number of ether oxygens (including phenoxy) is 1. The highest BCUT2D eigenvalue weighted by molar-refractivity contribution is 14.1. The van der Waals surface area contributed by atoms with Crippen molar-refractivity contribution in [3.63, 3.8) is 0 Å². The van der Waals surface area contributed by atoms with Crippen LogP contribution in [0, 0.1) is 0 Å². The molecule has 0 saturated heterocycles. The highest BCUT2D eigenvalue weighted by Crippen LogP contribution is 2.31. The van der Waals surface area contributed by atoms with Gasteiger partial charge in [-0.05, 0) is 42.9 Å². The fraction of sp³-hybridized carbons (Fsp3) is 0.667. The van der Waals surface area contributed by atoms with Crippen molar-refractivity contribution < 1.29 is 9.53 Å². The van der Waals surface area contributed by atoms with Crippen molar-refractivity contribution in [2.45, 2.75) is 65.5 Å². The normalized spacial score (nSPS) is 15.8. The smallest absolute Gasteiger partial charge is 0.162 e. The van der Waals surface area contributed by atoms with E-state index in [1.165, 1.54) is 3.20 Å². The number of allylic oxidation sites excluding steroid dienone is 1. The molecule has 0 radical (unpaired) electrons. The van der Waals surface area contributed by atoms with Gasteiger partial charge in [0.1, 0.15) is 6.10 Å². The van der Waals surface area contributed by atoms with Crippen LogP contribution in [0.5, 0.6) is 0 Å². The Labute approximate surface area is 132 Å². The first-order valence-corrected chi connectivity index (χ1v) is 11.2. The molecule has 4 heteroatoms. The lowest BCUT2D eigenvalue weighted by Crippen LogP contribution is -2.36. The predicted octanol–water partition coefficient (Wildman–Crippen LogP) is 4.90. The molecule has 0 amide bonds. The fourth-order valence-electron chi connectivity index (χ4n) is 1.70. The molecule has 0 aliphatic heterocycles. The zero-order valence-electron chi connectivity index (χ0n) is 13.3. The number of carbonyl (C=O) groups is 1. The summed E-state index contributed by atoms with van der Waals surface area (Å²) in [7, 11) is -1.46. The van der Waals surface area contributed by atoms with Crippen LogP contribution in [0.25, 0.3) is 0 Å². The summed E-state index contributed by atoms with van der Waals surface area (Å²) in [5.41, 5.74) is 0.760. The van der Waals surface area contributed by atoms with Crippen LogP contribution in [0.15, 0.2) is 21.4 Å². The lowest BCUT2D eigenvalue weighted by molar-refractivity contribution is -0.134. The van der Waals surface area contributed by atoms with Gasteiger partial charge in [-0.1, -0.05) is 48.3 Å². The summed E-state index contributed by atoms with van der Waals surface area (Å²) in [6, 6.07) is 0. The minimum Gasteiger partial charge on any atom is -0.360 e. The molecule has 0 bridgehead atoms. The largest absolute Gasteiger partial charge is 0.360 e. The molecule has 0 aromatic carbocycles. The van der Waals surface area contributed by atoms with Gasteiger partial charge in [-0.3, -0.25) is 4.79 Å². The van der Waals surface area contributed by atoms with Crippen LogP contribution < -0.4 is 0 Å². The van der Waals surface area contributed by atoms with E-state index in [-0.39, 0.29) is 11.4 Å². The number of ketones is 1. The predicted molar refractivity (Wildman–Crippen MR) is 94.5 cm³/mol. The van der Waals surface area contributed by atoms with Crippen molar-refractivity contribution in [2.24, 2.45) is 0 Å². The minimum atomic E-state index is -1.46. The van der Waals surface area contributed by atoms with E-state index in [9.17, 15) is 4.79 Å². The third-order valence-corrected chi connectivity index (χ3v) is 9.65. The molecule has 0 aromatic rings. The van der Waals surface area contributed by atoms with E-state index < -0.39 is 14.2 Å². The number of carbonyl (C=O) groups excluding carboxylic acids is 1. The van der Waals surface area contributed by atoms with Crippen molar-refractivity contribution in [1.82, 2.24) is 0 Å². The van der Waals surface area contributed by atoms with Crippen molar-refractivity contribution in [2.75, 3.05) is 0 Å². The Morgan fingerprint density at radius 2 is 1.84 bits per heavy atom. The first-order valence-electron chi connectivity index (χ1n) is 6.58. The molecule has 1 unspecified atom stereocenters. The Bertz CT molecular complexity index is 373. The zero-order valence-corrected chi connectivity index (χ0v) is 16.4. The number of hydrogen-bond acceptors (Lipinski definition) is 2. The molecular formula is C15H27IO2Si. The Kier molecular flexibility index (Phi) is 7.20. The van der Waals surface area contributed by atoms with Gasteiger partial charge in [0.25, 0.3) is 0 Å². The second-order valence-electron chi connectivity index (χ2n) is 6.80. The van der Waals surface area contributed by atoms with Crippen LogP contribution in [-0.4, -0.2) is 25.6 Å². The second-order valence-corrected chi connectivity index (χ2v) is 13.9. The summed E-state index contributed by atoms with van der Waals surface area (Å²) < 4.78 is 7.31. The molecule has 1 atom stereocenters. The van der Waals surface area contributed by atoms with Crippen LogP contribution in [0.4, 0.5) is 0 Å². The summed E-state index contributed by atoms with van der Waals surface area (Å²) in [5, 5.41) is 0. The van der Waals surface area contributed by atoms with E-state index in [2.05, 4.69) is 48.8 Å². The Balaban J connectivity index is 5.68. The summed E-state index contributed by atoms with van der Waals surface area (Å²) in [6.07, 6.45) is 2.12. The Morgan fingerprint density at radius 3 is 2.11 bits per heavy atom.